The van der Waals surface area contributed by atoms with E-state index in [1.807, 2.05) is 6.92 Å². The van der Waals surface area contributed by atoms with E-state index in [1.165, 1.54) is 4.57 Å². The van der Waals surface area contributed by atoms with E-state index in [0.29, 0.717) is 17.7 Å². The molecule has 0 bridgehead atoms. The number of hydrogen-bond acceptors (Lipinski definition) is 4. The molecule has 0 aliphatic rings. The van der Waals surface area contributed by atoms with Crippen LogP contribution >= 0.6 is 0 Å². The van der Waals surface area contributed by atoms with Crippen molar-refractivity contribution in [2.75, 3.05) is 0 Å². The molecule has 0 spiro atoms. The summed E-state index contributed by atoms with van der Waals surface area (Å²) < 4.78 is 4.39. The van der Waals surface area contributed by atoms with Crippen molar-refractivity contribution in [3.63, 3.8) is 0 Å². The minimum Gasteiger partial charge on any atom is -0.328 e. The first-order valence-electron chi connectivity index (χ1n) is 6.70. The number of nitrogens with zero attached hydrogens (tertiary/aromatic N) is 4. The van der Waals surface area contributed by atoms with E-state index in [1.54, 1.807) is 36.4 Å². The van der Waals surface area contributed by atoms with Crippen LogP contribution in [0.3, 0.4) is 0 Å². The minimum atomic E-state index is -0.640. The van der Waals surface area contributed by atoms with E-state index >= 15 is 0 Å². The van der Waals surface area contributed by atoms with Crippen LogP contribution in [-0.4, -0.2) is 24.2 Å². The molecule has 110 valence electrons. The molecule has 0 saturated carbocycles. The van der Waals surface area contributed by atoms with Crippen LogP contribution in [0.25, 0.3) is 11.2 Å². The van der Waals surface area contributed by atoms with Gasteiger partial charge in [0.15, 0.2) is 11.2 Å². The summed E-state index contributed by atoms with van der Waals surface area (Å²) in [5.74, 6) is 0. The Balaban J connectivity index is 2.84. The highest BCUT2D eigenvalue weighted by molar-refractivity contribution is 5.69. The van der Waals surface area contributed by atoms with Crippen molar-refractivity contribution in [1.82, 2.24) is 18.7 Å². The molecule has 2 N–H and O–H groups in total. The molecule has 2 rings (SSSR count). The Morgan fingerprint density at radius 2 is 1.95 bits per heavy atom. The molecular formula is C13H21N5O2. The Hall–Kier alpha value is -1.89. The second-order valence-corrected chi connectivity index (χ2v) is 5.84. The summed E-state index contributed by atoms with van der Waals surface area (Å²) in [6.45, 7) is 6.25. The lowest BCUT2D eigenvalue weighted by atomic mass is 10.1. The summed E-state index contributed by atoms with van der Waals surface area (Å²) in [7, 11) is 1.75. The second-order valence-electron chi connectivity index (χ2n) is 5.84. The van der Waals surface area contributed by atoms with E-state index in [4.69, 9.17) is 5.73 Å². The SMILES string of the molecule is CCCn1c(=O)n(CC(C)(C)N)c(=O)c2c1ncn2C. The van der Waals surface area contributed by atoms with Gasteiger partial charge in [0.2, 0.25) is 0 Å². The molecule has 2 aromatic heterocycles. The molecule has 20 heavy (non-hydrogen) atoms. The van der Waals surface area contributed by atoms with Gasteiger partial charge in [0.1, 0.15) is 0 Å². The Morgan fingerprint density at radius 3 is 2.50 bits per heavy atom. The van der Waals surface area contributed by atoms with Crippen LogP contribution in [0.4, 0.5) is 0 Å². The Kier molecular flexibility index (Phi) is 3.56. The normalized spacial score (nSPS) is 12.2. The molecule has 0 unspecified atom stereocenters. The summed E-state index contributed by atoms with van der Waals surface area (Å²) in [5, 5.41) is 0. The van der Waals surface area contributed by atoms with Gasteiger partial charge in [0, 0.05) is 25.7 Å². The zero-order valence-corrected chi connectivity index (χ0v) is 12.4. The van der Waals surface area contributed by atoms with Gasteiger partial charge in [0.25, 0.3) is 5.56 Å². The van der Waals surface area contributed by atoms with Crippen LogP contribution in [0.5, 0.6) is 0 Å². The summed E-state index contributed by atoms with van der Waals surface area (Å²) in [6, 6.07) is 0. The highest BCUT2D eigenvalue weighted by Gasteiger charge is 2.20. The lowest BCUT2D eigenvalue weighted by Crippen LogP contribution is -2.48. The maximum absolute atomic E-state index is 12.5. The van der Waals surface area contributed by atoms with Gasteiger partial charge >= 0.3 is 5.69 Å². The molecule has 0 aromatic carbocycles. The van der Waals surface area contributed by atoms with E-state index < -0.39 is 5.54 Å². The zero-order chi connectivity index (χ0) is 15.1. The molecule has 0 fully saturated rings. The predicted molar refractivity (Wildman–Crippen MR) is 77.8 cm³/mol. The summed E-state index contributed by atoms with van der Waals surface area (Å²) in [4.78, 5) is 29.2. The third-order valence-electron chi connectivity index (χ3n) is 3.10. The summed E-state index contributed by atoms with van der Waals surface area (Å²) >= 11 is 0. The van der Waals surface area contributed by atoms with Crippen LogP contribution in [0.15, 0.2) is 15.9 Å². The molecule has 7 heteroatoms. The third-order valence-corrected chi connectivity index (χ3v) is 3.10. The zero-order valence-electron chi connectivity index (χ0n) is 12.4. The minimum absolute atomic E-state index is 0.176. The van der Waals surface area contributed by atoms with Gasteiger partial charge in [-0.2, -0.15) is 0 Å². The topological polar surface area (TPSA) is 87.8 Å². The van der Waals surface area contributed by atoms with Gasteiger partial charge in [-0.05, 0) is 20.3 Å². The first kappa shape index (κ1) is 14.5. The number of aromatic nitrogens is 4. The largest absolute Gasteiger partial charge is 0.332 e. The Labute approximate surface area is 116 Å². The Bertz CT molecular complexity index is 745. The standard InChI is InChI=1S/C13H21N5O2/c1-5-6-17-10-9(16(4)8-15-10)11(19)18(12(17)20)7-13(2,3)14/h8H,5-7,14H2,1-4H3. The molecule has 0 aliphatic heterocycles. The summed E-state index contributed by atoms with van der Waals surface area (Å²) in [5.41, 5.74) is 5.51. The fraction of sp³-hybridized carbons (Fsp3) is 0.615. The van der Waals surface area contributed by atoms with Crippen molar-refractivity contribution < 1.29 is 0 Å². The molecule has 0 saturated heterocycles. The maximum Gasteiger partial charge on any atom is 0.332 e. The highest BCUT2D eigenvalue weighted by atomic mass is 16.2. The number of hydrogen-bond donors (Lipinski definition) is 1. The summed E-state index contributed by atoms with van der Waals surface area (Å²) in [6.07, 6.45) is 2.34. The van der Waals surface area contributed by atoms with Gasteiger partial charge in [-0.15, -0.1) is 0 Å². The maximum atomic E-state index is 12.5. The van der Waals surface area contributed by atoms with Crippen LogP contribution in [0, 0.1) is 0 Å². The molecule has 0 amide bonds. The lowest BCUT2D eigenvalue weighted by molar-refractivity contribution is 0.407. The van der Waals surface area contributed by atoms with Gasteiger partial charge in [-0.1, -0.05) is 6.92 Å². The highest BCUT2D eigenvalue weighted by Crippen LogP contribution is 2.07. The van der Waals surface area contributed by atoms with Crippen molar-refractivity contribution in [2.24, 2.45) is 12.8 Å². The van der Waals surface area contributed by atoms with Crippen molar-refractivity contribution in [3.8, 4) is 0 Å². The second kappa shape index (κ2) is 4.90. The van der Waals surface area contributed by atoms with Crippen LogP contribution < -0.4 is 17.0 Å². The first-order valence-corrected chi connectivity index (χ1v) is 6.70. The average molecular weight is 279 g/mol. The fourth-order valence-corrected chi connectivity index (χ4v) is 2.29. The number of nitrogens with two attached hydrogens (primary N) is 1. The molecule has 2 aromatic rings. The smallest absolute Gasteiger partial charge is 0.328 e. The quantitative estimate of drug-likeness (QED) is 0.856. The van der Waals surface area contributed by atoms with Crippen molar-refractivity contribution in [1.29, 1.82) is 0 Å². The third kappa shape index (κ3) is 2.40. The molecule has 2 heterocycles. The van der Waals surface area contributed by atoms with Crippen LogP contribution in [0.1, 0.15) is 27.2 Å². The van der Waals surface area contributed by atoms with Gasteiger partial charge in [0.05, 0.1) is 6.33 Å². The molecular weight excluding hydrogens is 258 g/mol. The lowest BCUT2D eigenvalue weighted by Gasteiger charge is -2.20. The average Bonchev–Trinajstić information content (AvgIpc) is 2.71. The van der Waals surface area contributed by atoms with E-state index in [-0.39, 0.29) is 17.8 Å². The van der Waals surface area contributed by atoms with Crippen LogP contribution in [0.2, 0.25) is 0 Å². The molecule has 0 aliphatic carbocycles. The number of rotatable bonds is 4. The van der Waals surface area contributed by atoms with Crippen molar-refractivity contribution in [3.05, 3.63) is 27.2 Å². The van der Waals surface area contributed by atoms with Crippen molar-refractivity contribution in [2.45, 2.75) is 45.8 Å². The molecule has 7 nitrogen and oxygen atoms in total. The number of aryl methyl sites for hydroxylation is 2. The van der Waals surface area contributed by atoms with E-state index in [9.17, 15) is 9.59 Å². The first-order chi connectivity index (χ1) is 9.26. The van der Waals surface area contributed by atoms with Gasteiger partial charge < -0.3 is 10.3 Å². The number of fused-ring (bicyclic) bond motifs is 1. The van der Waals surface area contributed by atoms with Gasteiger partial charge in [-0.3, -0.25) is 13.9 Å². The van der Waals surface area contributed by atoms with Gasteiger partial charge in [-0.25, -0.2) is 9.78 Å². The van der Waals surface area contributed by atoms with E-state index in [2.05, 4.69) is 4.98 Å². The number of imidazole rings is 1. The van der Waals surface area contributed by atoms with Crippen LogP contribution in [-0.2, 0) is 20.1 Å². The predicted octanol–water partition coefficient (Wildman–Crippen LogP) is 0.0440. The molecule has 0 atom stereocenters. The van der Waals surface area contributed by atoms with Crippen molar-refractivity contribution >= 4 is 11.2 Å². The molecule has 0 radical (unpaired) electrons. The van der Waals surface area contributed by atoms with E-state index in [0.717, 1.165) is 6.42 Å². The monoisotopic (exact) mass is 279 g/mol. The fourth-order valence-electron chi connectivity index (χ4n) is 2.29. The Morgan fingerprint density at radius 1 is 1.30 bits per heavy atom.